The molecule has 3 rings (SSSR count). The first-order chi connectivity index (χ1) is 9.70. The minimum absolute atomic E-state index is 0.0667. The number of nitrogens with two attached hydrogens (primary N) is 1. The molecule has 4 heteroatoms. The average Bonchev–Trinajstić information content (AvgIpc) is 2.86. The first kappa shape index (κ1) is 13.6. The molecule has 0 aromatic heterocycles. The molecule has 0 saturated carbocycles. The summed E-state index contributed by atoms with van der Waals surface area (Å²) in [4.78, 5) is 14.2. The summed E-state index contributed by atoms with van der Waals surface area (Å²) >= 11 is 0. The zero-order chi connectivity index (χ0) is 13.9. The van der Waals surface area contributed by atoms with Gasteiger partial charge in [-0.25, -0.2) is 0 Å². The molecule has 0 radical (unpaired) electrons. The van der Waals surface area contributed by atoms with Crippen LogP contribution in [0.15, 0.2) is 18.2 Å². The van der Waals surface area contributed by atoms with Gasteiger partial charge in [0.25, 0.3) is 0 Å². The molecule has 1 aromatic rings. The Morgan fingerprint density at radius 1 is 1.30 bits per heavy atom. The summed E-state index contributed by atoms with van der Waals surface area (Å²) in [5.41, 5.74) is 9.70. The first-order valence-corrected chi connectivity index (χ1v) is 7.60. The van der Waals surface area contributed by atoms with Gasteiger partial charge in [0, 0.05) is 18.3 Å². The second-order valence-corrected chi connectivity index (χ2v) is 6.02. The Balaban J connectivity index is 1.56. The van der Waals surface area contributed by atoms with Crippen LogP contribution in [-0.4, -0.2) is 36.5 Å². The summed E-state index contributed by atoms with van der Waals surface area (Å²) < 4.78 is 0. The minimum Gasteiger partial charge on any atom is -0.327 e. The highest BCUT2D eigenvalue weighted by molar-refractivity contribution is 5.92. The van der Waals surface area contributed by atoms with Crippen molar-refractivity contribution in [3.63, 3.8) is 0 Å². The van der Waals surface area contributed by atoms with E-state index in [1.54, 1.807) is 0 Å². The number of aryl methyl sites for hydroxylation is 2. The number of anilines is 1. The smallest absolute Gasteiger partial charge is 0.238 e. The Labute approximate surface area is 120 Å². The molecule has 0 unspecified atom stereocenters. The third kappa shape index (κ3) is 3.19. The lowest BCUT2D eigenvalue weighted by atomic mass is 10.1. The van der Waals surface area contributed by atoms with Crippen molar-refractivity contribution in [2.24, 2.45) is 5.73 Å². The third-order valence-corrected chi connectivity index (χ3v) is 4.29. The van der Waals surface area contributed by atoms with E-state index in [4.69, 9.17) is 5.73 Å². The Kier molecular flexibility index (Phi) is 4.03. The van der Waals surface area contributed by atoms with Crippen LogP contribution in [0.25, 0.3) is 0 Å². The van der Waals surface area contributed by atoms with Crippen LogP contribution in [0, 0.1) is 0 Å². The summed E-state index contributed by atoms with van der Waals surface area (Å²) in [6.07, 6.45) is 5.71. The van der Waals surface area contributed by atoms with Crippen molar-refractivity contribution < 1.29 is 4.79 Å². The normalized spacial score (nSPS) is 22.6. The highest BCUT2D eigenvalue weighted by atomic mass is 16.2. The summed E-state index contributed by atoms with van der Waals surface area (Å²) in [5, 5.41) is 3.01. The molecule has 1 aliphatic heterocycles. The second kappa shape index (κ2) is 5.94. The number of hydrogen-bond acceptors (Lipinski definition) is 3. The van der Waals surface area contributed by atoms with Gasteiger partial charge in [-0.2, -0.15) is 0 Å². The van der Waals surface area contributed by atoms with E-state index in [1.807, 2.05) is 6.07 Å². The Morgan fingerprint density at radius 2 is 2.15 bits per heavy atom. The van der Waals surface area contributed by atoms with E-state index < -0.39 is 0 Å². The second-order valence-electron chi connectivity index (χ2n) is 6.02. The predicted molar refractivity (Wildman–Crippen MR) is 80.7 cm³/mol. The molecule has 1 fully saturated rings. The van der Waals surface area contributed by atoms with Crippen LogP contribution in [0.2, 0.25) is 0 Å². The monoisotopic (exact) mass is 273 g/mol. The van der Waals surface area contributed by atoms with Gasteiger partial charge < -0.3 is 11.1 Å². The van der Waals surface area contributed by atoms with Crippen LogP contribution >= 0.6 is 0 Å². The van der Waals surface area contributed by atoms with Crippen molar-refractivity contribution in [2.45, 2.75) is 38.1 Å². The van der Waals surface area contributed by atoms with Crippen molar-refractivity contribution in [1.82, 2.24) is 4.90 Å². The zero-order valence-corrected chi connectivity index (χ0v) is 11.9. The van der Waals surface area contributed by atoms with E-state index in [2.05, 4.69) is 22.3 Å². The molecule has 0 bridgehead atoms. The van der Waals surface area contributed by atoms with E-state index >= 15 is 0 Å². The van der Waals surface area contributed by atoms with Crippen molar-refractivity contribution in [3.8, 4) is 0 Å². The summed E-state index contributed by atoms with van der Waals surface area (Å²) in [6.45, 7) is 2.26. The first-order valence-electron chi connectivity index (χ1n) is 7.60. The Morgan fingerprint density at radius 3 is 3.00 bits per heavy atom. The van der Waals surface area contributed by atoms with E-state index in [0.717, 1.165) is 38.0 Å². The van der Waals surface area contributed by atoms with Gasteiger partial charge in [0.1, 0.15) is 0 Å². The standard InChI is InChI=1S/C16H23N3O/c17-14-5-2-8-19(10-14)11-16(20)18-15-7-6-12-3-1-4-13(12)9-15/h6-7,9,14H,1-5,8,10-11,17H2,(H,18,20)/t14-/m1/s1. The molecule has 20 heavy (non-hydrogen) atoms. The fraction of sp³-hybridized carbons (Fsp3) is 0.562. The van der Waals surface area contributed by atoms with Gasteiger partial charge in [-0.15, -0.1) is 0 Å². The van der Waals surface area contributed by atoms with Gasteiger partial charge in [-0.05, 0) is 61.9 Å². The topological polar surface area (TPSA) is 58.4 Å². The third-order valence-electron chi connectivity index (χ3n) is 4.29. The van der Waals surface area contributed by atoms with Crippen LogP contribution in [0.1, 0.15) is 30.4 Å². The molecule has 1 atom stereocenters. The molecule has 1 aromatic carbocycles. The molecule has 2 aliphatic rings. The minimum atomic E-state index is 0.0667. The molecule has 1 saturated heterocycles. The van der Waals surface area contributed by atoms with E-state index in [1.165, 1.54) is 24.0 Å². The quantitative estimate of drug-likeness (QED) is 0.878. The predicted octanol–water partition coefficient (Wildman–Crippen LogP) is 1.54. The van der Waals surface area contributed by atoms with Crippen LogP contribution in [0.3, 0.4) is 0 Å². The summed E-state index contributed by atoms with van der Waals surface area (Å²) in [6, 6.07) is 6.51. The summed E-state index contributed by atoms with van der Waals surface area (Å²) in [7, 11) is 0. The van der Waals surface area contributed by atoms with Gasteiger partial charge in [0.15, 0.2) is 0 Å². The average molecular weight is 273 g/mol. The van der Waals surface area contributed by atoms with Gasteiger partial charge in [0.2, 0.25) is 5.91 Å². The molecule has 0 spiro atoms. The van der Waals surface area contributed by atoms with Crippen LogP contribution in [-0.2, 0) is 17.6 Å². The van der Waals surface area contributed by atoms with Crippen molar-refractivity contribution in [2.75, 3.05) is 25.0 Å². The molecule has 1 aliphatic carbocycles. The molecule has 108 valence electrons. The maximum atomic E-state index is 12.1. The van der Waals surface area contributed by atoms with Crippen molar-refractivity contribution in [3.05, 3.63) is 29.3 Å². The van der Waals surface area contributed by atoms with E-state index in [0.29, 0.717) is 6.54 Å². The highest BCUT2D eigenvalue weighted by Gasteiger charge is 2.19. The number of carbonyl (C=O) groups excluding carboxylic acids is 1. The number of nitrogens with zero attached hydrogens (tertiary/aromatic N) is 1. The fourth-order valence-corrected chi connectivity index (χ4v) is 3.29. The van der Waals surface area contributed by atoms with Crippen molar-refractivity contribution >= 4 is 11.6 Å². The number of amides is 1. The van der Waals surface area contributed by atoms with Crippen LogP contribution < -0.4 is 11.1 Å². The zero-order valence-electron chi connectivity index (χ0n) is 11.9. The number of hydrogen-bond donors (Lipinski definition) is 2. The van der Waals surface area contributed by atoms with Gasteiger partial charge >= 0.3 is 0 Å². The largest absolute Gasteiger partial charge is 0.327 e. The lowest BCUT2D eigenvalue weighted by Gasteiger charge is -2.29. The Hall–Kier alpha value is -1.39. The highest BCUT2D eigenvalue weighted by Crippen LogP contribution is 2.24. The van der Waals surface area contributed by atoms with Gasteiger partial charge in [-0.1, -0.05) is 6.07 Å². The number of rotatable bonds is 3. The summed E-state index contributed by atoms with van der Waals surface area (Å²) in [5.74, 6) is 0.0667. The molecular weight excluding hydrogens is 250 g/mol. The van der Waals surface area contributed by atoms with E-state index in [-0.39, 0.29) is 11.9 Å². The van der Waals surface area contributed by atoms with Crippen molar-refractivity contribution in [1.29, 1.82) is 0 Å². The number of piperidine rings is 1. The lowest BCUT2D eigenvalue weighted by molar-refractivity contribution is -0.117. The molecule has 1 amide bonds. The van der Waals surface area contributed by atoms with Crippen LogP contribution in [0.5, 0.6) is 0 Å². The van der Waals surface area contributed by atoms with Gasteiger partial charge in [0.05, 0.1) is 6.54 Å². The maximum absolute atomic E-state index is 12.1. The Bertz CT molecular complexity index is 500. The molecule has 4 nitrogen and oxygen atoms in total. The lowest BCUT2D eigenvalue weighted by Crippen LogP contribution is -2.45. The molecular formula is C16H23N3O. The maximum Gasteiger partial charge on any atom is 0.238 e. The van der Waals surface area contributed by atoms with Gasteiger partial charge in [-0.3, -0.25) is 9.69 Å². The fourth-order valence-electron chi connectivity index (χ4n) is 3.29. The number of carbonyl (C=O) groups is 1. The number of benzene rings is 1. The molecule has 1 heterocycles. The number of likely N-dealkylation sites (tertiary alicyclic amines) is 1. The van der Waals surface area contributed by atoms with E-state index in [9.17, 15) is 4.79 Å². The number of fused-ring (bicyclic) bond motifs is 1. The number of nitrogens with one attached hydrogen (secondary N) is 1. The SMILES string of the molecule is N[C@@H]1CCCN(CC(=O)Nc2ccc3c(c2)CCC3)C1. The molecule has 3 N–H and O–H groups in total. The van der Waals surface area contributed by atoms with Crippen LogP contribution in [0.4, 0.5) is 5.69 Å².